The number of imidazole rings is 1. The molecule has 188 valence electrons. The number of pyridine rings is 1. The number of fused-ring (bicyclic) bond motifs is 1. The number of aromatic nitrogens is 5. The fourth-order valence-electron chi connectivity index (χ4n) is 4.62. The Balaban J connectivity index is 1.33. The largest absolute Gasteiger partial charge is 0.463 e. The van der Waals surface area contributed by atoms with E-state index in [9.17, 15) is 4.79 Å². The van der Waals surface area contributed by atoms with Crippen LogP contribution in [0.5, 0.6) is 0 Å². The molecule has 1 aliphatic rings. The Bertz CT molecular complexity index is 1310. The zero-order chi connectivity index (χ0) is 25.1. The molecule has 10 heteroatoms. The van der Waals surface area contributed by atoms with Gasteiger partial charge in [0.05, 0.1) is 12.6 Å². The summed E-state index contributed by atoms with van der Waals surface area (Å²) in [6.07, 6.45) is 9.08. The number of rotatable bonds is 8. The van der Waals surface area contributed by atoms with E-state index in [0.29, 0.717) is 18.3 Å². The lowest BCUT2D eigenvalue weighted by molar-refractivity contribution is -0.119. The van der Waals surface area contributed by atoms with E-state index in [2.05, 4.69) is 44.3 Å². The van der Waals surface area contributed by atoms with Gasteiger partial charge in [-0.15, -0.1) is 0 Å². The molecule has 1 fully saturated rings. The summed E-state index contributed by atoms with van der Waals surface area (Å²) in [6, 6.07) is 8.44. The Hall–Kier alpha value is -3.95. The number of carbonyl (C=O) groups is 1. The van der Waals surface area contributed by atoms with Gasteiger partial charge in [-0.2, -0.15) is 9.97 Å². The van der Waals surface area contributed by atoms with Crippen LogP contribution >= 0.6 is 0 Å². The third kappa shape index (κ3) is 5.32. The van der Waals surface area contributed by atoms with Gasteiger partial charge in [0.1, 0.15) is 5.69 Å². The van der Waals surface area contributed by atoms with Gasteiger partial charge in [0.15, 0.2) is 22.7 Å². The molecule has 36 heavy (non-hydrogen) atoms. The van der Waals surface area contributed by atoms with Gasteiger partial charge >= 0.3 is 0 Å². The zero-order valence-corrected chi connectivity index (χ0v) is 20.9. The van der Waals surface area contributed by atoms with Crippen molar-refractivity contribution in [2.75, 3.05) is 10.6 Å². The second-order valence-corrected chi connectivity index (χ2v) is 9.59. The Kier molecular flexibility index (Phi) is 6.84. The molecule has 1 saturated carbocycles. The first-order valence-corrected chi connectivity index (χ1v) is 12.5. The number of hydrogen-bond donors (Lipinski definition) is 3. The molecule has 0 spiro atoms. The number of carbonyl (C=O) groups excluding carboxylic acids is 1. The van der Waals surface area contributed by atoms with Crippen molar-refractivity contribution >= 4 is 28.8 Å². The van der Waals surface area contributed by atoms with Gasteiger partial charge in [-0.3, -0.25) is 9.78 Å². The maximum absolute atomic E-state index is 11.4. The molecule has 0 atom stereocenters. The second kappa shape index (κ2) is 10.3. The van der Waals surface area contributed by atoms with Crippen LogP contribution in [0.4, 0.5) is 11.8 Å². The SMILES string of the molecule is CC(=O)NC1CCC(Nc2nc(NCc3ccc(-c4ccco4)nc3)c3ncn(C(C)C)c3n2)CC1. The molecular weight excluding hydrogens is 456 g/mol. The van der Waals surface area contributed by atoms with Gasteiger partial charge in [0.2, 0.25) is 11.9 Å². The fourth-order valence-corrected chi connectivity index (χ4v) is 4.62. The van der Waals surface area contributed by atoms with Gasteiger partial charge in [-0.05, 0) is 63.3 Å². The Morgan fingerprint density at radius 1 is 1.11 bits per heavy atom. The molecule has 5 rings (SSSR count). The molecule has 4 aromatic rings. The van der Waals surface area contributed by atoms with Crippen LogP contribution in [0.2, 0.25) is 0 Å². The van der Waals surface area contributed by atoms with Gasteiger partial charge in [-0.25, -0.2) is 4.98 Å². The lowest BCUT2D eigenvalue weighted by atomic mass is 9.91. The highest BCUT2D eigenvalue weighted by atomic mass is 16.3. The van der Waals surface area contributed by atoms with E-state index in [-0.39, 0.29) is 24.0 Å². The lowest BCUT2D eigenvalue weighted by Crippen LogP contribution is -2.39. The molecular formula is C26H32N8O2. The molecule has 0 saturated heterocycles. The molecule has 0 radical (unpaired) electrons. The predicted octanol–water partition coefficient (Wildman–Crippen LogP) is 4.53. The summed E-state index contributed by atoms with van der Waals surface area (Å²) in [6.45, 7) is 6.34. The van der Waals surface area contributed by atoms with Gasteiger partial charge in [0, 0.05) is 37.8 Å². The standard InChI is InChI=1S/C26H32N8O2/c1-16(2)34-15-29-23-24(28-14-18-6-11-21(27-13-18)22-5-4-12-36-22)32-26(33-25(23)34)31-20-9-7-19(8-10-20)30-17(3)35/h4-6,11-13,15-16,19-20H,7-10,14H2,1-3H3,(H,30,35)(H2,28,31,32,33). The number of furan rings is 1. The first-order chi connectivity index (χ1) is 17.5. The third-order valence-corrected chi connectivity index (χ3v) is 6.50. The normalized spacial score (nSPS) is 17.9. The summed E-state index contributed by atoms with van der Waals surface area (Å²) in [4.78, 5) is 30.1. The van der Waals surface area contributed by atoms with E-state index in [1.807, 2.05) is 36.8 Å². The Morgan fingerprint density at radius 3 is 2.58 bits per heavy atom. The van der Waals surface area contributed by atoms with Crippen LogP contribution in [0.1, 0.15) is 58.1 Å². The summed E-state index contributed by atoms with van der Waals surface area (Å²) < 4.78 is 7.48. The topological polar surface area (TPSA) is 123 Å². The summed E-state index contributed by atoms with van der Waals surface area (Å²) in [7, 11) is 0. The number of hydrogen-bond acceptors (Lipinski definition) is 8. The molecule has 0 aromatic carbocycles. The average molecular weight is 489 g/mol. The van der Waals surface area contributed by atoms with Gasteiger partial charge in [0.25, 0.3) is 0 Å². The molecule has 4 heterocycles. The van der Waals surface area contributed by atoms with Gasteiger partial charge in [-0.1, -0.05) is 6.07 Å². The smallest absolute Gasteiger partial charge is 0.227 e. The minimum absolute atomic E-state index is 0.0312. The van der Waals surface area contributed by atoms with Crippen molar-refractivity contribution in [1.29, 1.82) is 0 Å². The Labute approximate surface area is 210 Å². The molecule has 3 N–H and O–H groups in total. The molecule has 0 bridgehead atoms. The van der Waals surface area contributed by atoms with Crippen molar-refractivity contribution < 1.29 is 9.21 Å². The first-order valence-electron chi connectivity index (χ1n) is 12.5. The maximum atomic E-state index is 11.4. The highest BCUT2D eigenvalue weighted by molar-refractivity contribution is 5.84. The van der Waals surface area contributed by atoms with Gasteiger partial charge < -0.3 is 24.9 Å². The fraction of sp³-hybridized carbons (Fsp3) is 0.423. The molecule has 1 aliphatic carbocycles. The Morgan fingerprint density at radius 2 is 1.92 bits per heavy atom. The molecule has 4 aromatic heterocycles. The summed E-state index contributed by atoms with van der Waals surface area (Å²) >= 11 is 0. The van der Waals surface area contributed by atoms with Crippen molar-refractivity contribution in [2.45, 2.75) is 71.1 Å². The van der Waals surface area contributed by atoms with Crippen molar-refractivity contribution in [2.24, 2.45) is 0 Å². The van der Waals surface area contributed by atoms with Crippen LogP contribution in [0.25, 0.3) is 22.6 Å². The van der Waals surface area contributed by atoms with Crippen LogP contribution in [-0.2, 0) is 11.3 Å². The predicted molar refractivity (Wildman–Crippen MR) is 138 cm³/mol. The third-order valence-electron chi connectivity index (χ3n) is 6.50. The molecule has 0 aliphatic heterocycles. The number of nitrogens with zero attached hydrogens (tertiary/aromatic N) is 5. The van der Waals surface area contributed by atoms with E-state index >= 15 is 0 Å². The van der Waals surface area contributed by atoms with Crippen molar-refractivity contribution in [3.63, 3.8) is 0 Å². The number of amides is 1. The first kappa shape index (κ1) is 23.8. The summed E-state index contributed by atoms with van der Waals surface area (Å²) in [5.41, 5.74) is 3.35. The lowest BCUT2D eigenvalue weighted by Gasteiger charge is -2.29. The van der Waals surface area contributed by atoms with E-state index in [4.69, 9.17) is 14.4 Å². The van der Waals surface area contributed by atoms with Crippen molar-refractivity contribution in [3.05, 3.63) is 48.6 Å². The molecule has 1 amide bonds. The van der Waals surface area contributed by atoms with E-state index in [1.165, 1.54) is 0 Å². The van der Waals surface area contributed by atoms with Crippen molar-refractivity contribution in [1.82, 2.24) is 29.8 Å². The van der Waals surface area contributed by atoms with Crippen LogP contribution in [-0.4, -0.2) is 42.5 Å². The summed E-state index contributed by atoms with van der Waals surface area (Å²) in [5, 5.41) is 9.99. The van der Waals surface area contributed by atoms with Crippen LogP contribution < -0.4 is 16.0 Å². The highest BCUT2D eigenvalue weighted by Gasteiger charge is 2.23. The quantitative estimate of drug-likeness (QED) is 0.330. The molecule has 10 nitrogen and oxygen atoms in total. The van der Waals surface area contributed by atoms with E-state index in [1.54, 1.807) is 13.2 Å². The summed E-state index contributed by atoms with van der Waals surface area (Å²) in [5.74, 6) is 2.04. The van der Waals surface area contributed by atoms with E-state index < -0.39 is 0 Å². The van der Waals surface area contributed by atoms with Crippen LogP contribution in [0, 0.1) is 0 Å². The van der Waals surface area contributed by atoms with E-state index in [0.717, 1.165) is 53.9 Å². The average Bonchev–Trinajstić information content (AvgIpc) is 3.54. The highest BCUT2D eigenvalue weighted by Crippen LogP contribution is 2.26. The van der Waals surface area contributed by atoms with Crippen LogP contribution in [0.3, 0.4) is 0 Å². The molecule has 0 unspecified atom stereocenters. The number of nitrogens with one attached hydrogen (secondary N) is 3. The number of anilines is 2. The minimum atomic E-state index is 0.0312. The zero-order valence-electron chi connectivity index (χ0n) is 20.9. The van der Waals surface area contributed by atoms with Crippen molar-refractivity contribution in [3.8, 4) is 11.5 Å². The monoisotopic (exact) mass is 488 g/mol. The minimum Gasteiger partial charge on any atom is -0.463 e. The maximum Gasteiger partial charge on any atom is 0.227 e. The van der Waals surface area contributed by atoms with Crippen LogP contribution in [0.15, 0.2) is 47.5 Å². The second-order valence-electron chi connectivity index (χ2n) is 9.59.